The lowest BCUT2D eigenvalue weighted by Crippen LogP contribution is -2.35. The number of carbonyl (C=O) groups excluding carboxylic acids is 3. The monoisotopic (exact) mass is 326 g/mol. The topological polar surface area (TPSA) is 66.5 Å². The van der Waals surface area contributed by atoms with E-state index in [1.807, 2.05) is 0 Å². The van der Waals surface area contributed by atoms with Crippen molar-refractivity contribution in [1.82, 2.24) is 5.43 Å². The van der Waals surface area contributed by atoms with Crippen LogP contribution in [-0.2, 0) is 9.59 Å². The summed E-state index contributed by atoms with van der Waals surface area (Å²) in [4.78, 5) is 35.1. The van der Waals surface area contributed by atoms with Crippen molar-refractivity contribution in [3.05, 3.63) is 70.3 Å². The third-order valence-electron chi connectivity index (χ3n) is 3.36. The van der Waals surface area contributed by atoms with Gasteiger partial charge >= 0.3 is 0 Å². The van der Waals surface area contributed by atoms with Crippen LogP contribution in [0.15, 0.2) is 54.1 Å². The van der Waals surface area contributed by atoms with Gasteiger partial charge in [-0.3, -0.25) is 19.8 Å². The van der Waals surface area contributed by atoms with Crippen molar-refractivity contribution in [3.63, 3.8) is 0 Å². The van der Waals surface area contributed by atoms with Gasteiger partial charge in [-0.1, -0.05) is 35.9 Å². The van der Waals surface area contributed by atoms with Crippen molar-refractivity contribution >= 4 is 41.5 Å². The highest BCUT2D eigenvalue weighted by molar-refractivity contribution is 6.32. The fourth-order valence-electron chi connectivity index (χ4n) is 2.17. The number of carbonyl (C=O) groups is 3. The van der Waals surface area contributed by atoms with Crippen molar-refractivity contribution < 1.29 is 14.4 Å². The van der Waals surface area contributed by atoms with Crippen molar-refractivity contribution in [2.75, 3.05) is 5.01 Å². The first kappa shape index (κ1) is 15.0. The van der Waals surface area contributed by atoms with Gasteiger partial charge < -0.3 is 0 Å². The first-order valence-electron chi connectivity index (χ1n) is 6.76. The largest absolute Gasteiger partial charge is 0.298 e. The van der Waals surface area contributed by atoms with Crippen LogP contribution in [0, 0.1) is 0 Å². The number of halogens is 1. The Morgan fingerprint density at radius 2 is 1.52 bits per heavy atom. The summed E-state index contributed by atoms with van der Waals surface area (Å²) in [5.74, 6) is -0.929. The molecular weight excluding hydrogens is 316 g/mol. The second-order valence-electron chi connectivity index (χ2n) is 4.90. The zero-order valence-corrected chi connectivity index (χ0v) is 12.6. The zero-order valence-electron chi connectivity index (χ0n) is 11.8. The van der Waals surface area contributed by atoms with E-state index < -0.39 is 11.8 Å². The minimum absolute atomic E-state index is 0.0267. The number of nitrogens with zero attached hydrogens (tertiary/aromatic N) is 1. The summed E-state index contributed by atoms with van der Waals surface area (Å²) in [5.41, 5.74) is 4.24. The molecule has 0 radical (unpaired) electrons. The lowest BCUT2D eigenvalue weighted by molar-refractivity contribution is -0.117. The predicted octanol–water partition coefficient (Wildman–Crippen LogP) is 2.61. The van der Waals surface area contributed by atoms with Crippen LogP contribution in [0.1, 0.15) is 15.9 Å². The fraction of sp³-hybridized carbons (Fsp3) is 0. The number of benzene rings is 2. The number of hydrazine groups is 1. The number of aldehydes is 1. The second-order valence-corrected chi connectivity index (χ2v) is 5.34. The summed E-state index contributed by atoms with van der Waals surface area (Å²) in [6.07, 6.45) is 2.22. The molecule has 1 N–H and O–H groups in total. The standard InChI is InChI=1S/C17H11ClN2O3/c18-13-5-7-14(8-6-13)20-17(23)15(16(22)19-20)9-11-1-3-12(10-21)4-2-11/h1-10H,(H,19,22)/b15-9+. The Morgan fingerprint density at radius 1 is 0.913 bits per heavy atom. The highest BCUT2D eigenvalue weighted by atomic mass is 35.5. The van der Waals surface area contributed by atoms with Crippen LogP contribution in [0.25, 0.3) is 6.08 Å². The highest BCUT2D eigenvalue weighted by Crippen LogP contribution is 2.23. The van der Waals surface area contributed by atoms with Gasteiger partial charge in [-0.05, 0) is 35.9 Å². The first-order valence-corrected chi connectivity index (χ1v) is 7.14. The lowest BCUT2D eigenvalue weighted by atomic mass is 10.1. The van der Waals surface area contributed by atoms with E-state index in [2.05, 4.69) is 5.43 Å². The van der Waals surface area contributed by atoms with Gasteiger partial charge in [0.25, 0.3) is 11.8 Å². The van der Waals surface area contributed by atoms with E-state index in [0.29, 0.717) is 21.8 Å². The molecule has 1 heterocycles. The molecule has 2 aromatic carbocycles. The number of hydrogen-bond donors (Lipinski definition) is 1. The molecule has 114 valence electrons. The molecule has 0 aliphatic carbocycles. The minimum Gasteiger partial charge on any atom is -0.298 e. The molecule has 0 aromatic heterocycles. The number of rotatable bonds is 3. The molecule has 1 aliphatic heterocycles. The van der Waals surface area contributed by atoms with E-state index in [0.717, 1.165) is 6.29 Å². The average molecular weight is 327 g/mol. The van der Waals surface area contributed by atoms with Crippen molar-refractivity contribution in [2.45, 2.75) is 0 Å². The Morgan fingerprint density at radius 3 is 2.13 bits per heavy atom. The van der Waals surface area contributed by atoms with Crippen molar-refractivity contribution in [1.29, 1.82) is 0 Å². The van der Waals surface area contributed by atoms with E-state index in [4.69, 9.17) is 11.6 Å². The molecule has 1 fully saturated rings. The van der Waals surface area contributed by atoms with Gasteiger partial charge in [0.15, 0.2) is 0 Å². The van der Waals surface area contributed by atoms with Crippen LogP contribution in [-0.4, -0.2) is 18.1 Å². The average Bonchev–Trinajstić information content (AvgIpc) is 2.84. The summed E-state index contributed by atoms with van der Waals surface area (Å²) in [5, 5.41) is 1.71. The van der Waals surface area contributed by atoms with Gasteiger partial charge in [0.2, 0.25) is 0 Å². The van der Waals surface area contributed by atoms with Crippen LogP contribution in [0.3, 0.4) is 0 Å². The van der Waals surface area contributed by atoms with Crippen molar-refractivity contribution in [2.24, 2.45) is 0 Å². The van der Waals surface area contributed by atoms with E-state index in [1.54, 1.807) is 48.5 Å². The SMILES string of the molecule is O=Cc1ccc(/C=C2\C(=O)NN(c3ccc(Cl)cc3)C2=O)cc1. The molecule has 2 amide bonds. The summed E-state index contributed by atoms with van der Waals surface area (Å²) < 4.78 is 0. The molecule has 2 aromatic rings. The zero-order chi connectivity index (χ0) is 16.4. The molecular formula is C17H11ClN2O3. The molecule has 1 aliphatic rings. The Hall–Kier alpha value is -2.92. The Kier molecular flexibility index (Phi) is 3.95. The maximum atomic E-state index is 12.4. The molecule has 0 unspecified atom stereocenters. The lowest BCUT2D eigenvalue weighted by Gasteiger charge is -2.14. The van der Waals surface area contributed by atoms with Gasteiger partial charge in [0, 0.05) is 10.6 Å². The molecule has 0 atom stereocenters. The number of anilines is 1. The number of nitrogens with one attached hydrogen (secondary N) is 1. The number of hydrogen-bond acceptors (Lipinski definition) is 3. The van der Waals surface area contributed by atoms with Crippen LogP contribution >= 0.6 is 11.6 Å². The maximum absolute atomic E-state index is 12.4. The quantitative estimate of drug-likeness (QED) is 0.535. The van der Waals surface area contributed by atoms with Crippen LogP contribution in [0.2, 0.25) is 5.02 Å². The fourth-order valence-corrected chi connectivity index (χ4v) is 2.29. The molecule has 0 saturated carbocycles. The summed E-state index contributed by atoms with van der Waals surface area (Å²) in [7, 11) is 0. The van der Waals surface area contributed by atoms with Crippen molar-refractivity contribution in [3.8, 4) is 0 Å². The van der Waals surface area contributed by atoms with E-state index in [-0.39, 0.29) is 5.57 Å². The normalized spacial score (nSPS) is 15.9. The summed E-state index contributed by atoms with van der Waals surface area (Å²) in [6, 6.07) is 13.1. The number of amides is 2. The van der Waals surface area contributed by atoms with Gasteiger partial charge in [-0.15, -0.1) is 0 Å². The molecule has 3 rings (SSSR count). The third kappa shape index (κ3) is 3.00. The smallest absolute Gasteiger partial charge is 0.282 e. The van der Waals surface area contributed by atoms with E-state index in [9.17, 15) is 14.4 Å². The maximum Gasteiger partial charge on any atom is 0.282 e. The molecule has 6 heteroatoms. The Bertz CT molecular complexity index is 811. The first-order chi connectivity index (χ1) is 11.1. The van der Waals surface area contributed by atoms with Gasteiger partial charge in [0.05, 0.1) is 5.69 Å². The summed E-state index contributed by atoms with van der Waals surface area (Å²) in [6.45, 7) is 0. The Labute approximate surface area is 137 Å². The molecule has 5 nitrogen and oxygen atoms in total. The second kappa shape index (κ2) is 6.06. The molecule has 0 bridgehead atoms. The van der Waals surface area contributed by atoms with E-state index in [1.165, 1.54) is 11.1 Å². The van der Waals surface area contributed by atoms with Gasteiger partial charge in [-0.25, -0.2) is 5.01 Å². The van der Waals surface area contributed by atoms with Gasteiger partial charge in [0.1, 0.15) is 11.9 Å². The molecule has 23 heavy (non-hydrogen) atoms. The van der Waals surface area contributed by atoms with Crippen LogP contribution in [0.4, 0.5) is 5.69 Å². The van der Waals surface area contributed by atoms with Crippen LogP contribution in [0.5, 0.6) is 0 Å². The third-order valence-corrected chi connectivity index (χ3v) is 3.61. The molecule has 1 saturated heterocycles. The summed E-state index contributed by atoms with van der Waals surface area (Å²) >= 11 is 5.82. The van der Waals surface area contributed by atoms with Gasteiger partial charge in [-0.2, -0.15) is 0 Å². The molecule has 0 spiro atoms. The Balaban J connectivity index is 1.89. The highest BCUT2D eigenvalue weighted by Gasteiger charge is 2.34. The van der Waals surface area contributed by atoms with E-state index >= 15 is 0 Å². The van der Waals surface area contributed by atoms with Crippen LogP contribution < -0.4 is 10.4 Å². The minimum atomic E-state index is -0.482. The predicted molar refractivity (Wildman–Crippen MR) is 86.9 cm³/mol.